The standard InChI is InChI=1S/C11H12ClNO2S/c1-7(2)8-3-4-10-9(8)5-6-13-11(10)16(12,14)15/h3-7,13H,1-2H3. The van der Waals surface area contributed by atoms with E-state index in [4.69, 9.17) is 10.7 Å². The highest BCUT2D eigenvalue weighted by molar-refractivity contribution is 8.13. The third-order valence-electron chi connectivity index (χ3n) is 2.61. The Bertz CT molecular complexity index is 586. The molecule has 0 amide bonds. The molecule has 0 aromatic heterocycles. The Balaban J connectivity index is 2.70. The molecule has 0 aromatic carbocycles. The largest absolute Gasteiger partial charge is 0.351 e. The number of aromatic nitrogens is 1. The maximum atomic E-state index is 11.4. The second-order valence-electron chi connectivity index (χ2n) is 4.02. The van der Waals surface area contributed by atoms with Crippen LogP contribution in [0.5, 0.6) is 0 Å². The first kappa shape index (κ1) is 11.5. The molecule has 2 rings (SSSR count). The van der Waals surface area contributed by atoms with Crippen molar-refractivity contribution >= 4 is 19.7 Å². The van der Waals surface area contributed by atoms with Crippen LogP contribution >= 0.6 is 10.7 Å². The van der Waals surface area contributed by atoms with E-state index in [1.54, 1.807) is 12.3 Å². The molecule has 0 atom stereocenters. The Morgan fingerprint density at radius 1 is 1.19 bits per heavy atom. The van der Waals surface area contributed by atoms with Crippen LogP contribution in [0.1, 0.15) is 25.3 Å². The smallest absolute Gasteiger partial charge is 0.277 e. The SMILES string of the molecule is CC(C)c1ccc2c(S(=O)(=O)Cl)[nH]ccc1-2. The molecular weight excluding hydrogens is 246 g/mol. The summed E-state index contributed by atoms with van der Waals surface area (Å²) in [6.45, 7) is 4.14. The Morgan fingerprint density at radius 2 is 1.88 bits per heavy atom. The minimum Gasteiger partial charge on any atom is -0.351 e. The second-order valence-corrected chi connectivity index (χ2v) is 6.52. The molecule has 0 fully saturated rings. The fourth-order valence-corrected chi connectivity index (χ4v) is 2.91. The average molecular weight is 258 g/mol. The Kier molecular flexibility index (Phi) is 2.72. The Hall–Kier alpha value is -1.00. The summed E-state index contributed by atoms with van der Waals surface area (Å²) in [4.78, 5) is 2.68. The van der Waals surface area contributed by atoms with E-state index in [1.807, 2.05) is 12.1 Å². The van der Waals surface area contributed by atoms with Gasteiger partial charge in [0.1, 0.15) is 0 Å². The van der Waals surface area contributed by atoms with Gasteiger partial charge in [-0.15, -0.1) is 0 Å². The zero-order valence-corrected chi connectivity index (χ0v) is 10.6. The van der Waals surface area contributed by atoms with Gasteiger partial charge in [-0.25, -0.2) is 8.42 Å². The second kappa shape index (κ2) is 3.79. The molecule has 0 radical (unpaired) electrons. The molecule has 0 bridgehead atoms. The van der Waals surface area contributed by atoms with Crippen LogP contribution < -0.4 is 0 Å². The minimum atomic E-state index is -3.73. The Labute approximate surface area is 99.2 Å². The van der Waals surface area contributed by atoms with E-state index < -0.39 is 9.05 Å². The van der Waals surface area contributed by atoms with Crippen molar-refractivity contribution in [2.75, 3.05) is 0 Å². The van der Waals surface area contributed by atoms with E-state index in [0.29, 0.717) is 11.5 Å². The van der Waals surface area contributed by atoms with E-state index in [2.05, 4.69) is 18.8 Å². The average Bonchev–Trinajstić information content (AvgIpc) is 2.58. The molecule has 16 heavy (non-hydrogen) atoms. The number of rotatable bonds is 2. The molecule has 0 saturated heterocycles. The van der Waals surface area contributed by atoms with Crippen molar-refractivity contribution in [1.29, 1.82) is 0 Å². The van der Waals surface area contributed by atoms with Gasteiger partial charge in [-0.3, -0.25) is 0 Å². The van der Waals surface area contributed by atoms with Gasteiger partial charge in [0.25, 0.3) is 9.05 Å². The van der Waals surface area contributed by atoms with Crippen LogP contribution in [-0.2, 0) is 9.05 Å². The summed E-state index contributed by atoms with van der Waals surface area (Å²) in [6.07, 6.45) is 1.60. The lowest BCUT2D eigenvalue weighted by molar-refractivity contribution is 0.606. The number of halogens is 1. The molecule has 2 aliphatic rings. The van der Waals surface area contributed by atoms with Crippen LogP contribution in [0.25, 0.3) is 11.1 Å². The van der Waals surface area contributed by atoms with Crippen molar-refractivity contribution < 1.29 is 8.42 Å². The summed E-state index contributed by atoms with van der Waals surface area (Å²) in [5.41, 5.74) is 2.72. The third-order valence-corrected chi connectivity index (χ3v) is 3.89. The van der Waals surface area contributed by atoms with Crippen molar-refractivity contribution in [2.24, 2.45) is 0 Å². The van der Waals surface area contributed by atoms with Crippen molar-refractivity contribution in [3.05, 3.63) is 30.0 Å². The zero-order chi connectivity index (χ0) is 11.9. The van der Waals surface area contributed by atoms with Crippen LogP contribution in [0.3, 0.4) is 0 Å². The number of nitrogens with one attached hydrogen (secondary N) is 1. The van der Waals surface area contributed by atoms with Crippen molar-refractivity contribution in [2.45, 2.75) is 24.8 Å². The quantitative estimate of drug-likeness (QED) is 0.840. The third kappa shape index (κ3) is 1.83. The topological polar surface area (TPSA) is 49.9 Å². The monoisotopic (exact) mass is 257 g/mol. The molecule has 1 aliphatic heterocycles. The van der Waals surface area contributed by atoms with Gasteiger partial charge in [-0.1, -0.05) is 26.0 Å². The van der Waals surface area contributed by atoms with Crippen LogP contribution in [0.4, 0.5) is 0 Å². The highest BCUT2D eigenvalue weighted by Crippen LogP contribution is 2.36. The van der Waals surface area contributed by atoms with Gasteiger partial charge in [0.2, 0.25) is 0 Å². The van der Waals surface area contributed by atoms with Crippen LogP contribution in [0.15, 0.2) is 29.4 Å². The summed E-state index contributed by atoms with van der Waals surface area (Å²) in [6, 6.07) is 5.60. The van der Waals surface area contributed by atoms with Gasteiger partial charge in [-0.2, -0.15) is 0 Å². The fraction of sp³-hybridized carbons (Fsp3) is 0.273. The minimum absolute atomic E-state index is 0.0681. The predicted molar refractivity (Wildman–Crippen MR) is 64.5 cm³/mol. The number of fused-ring (bicyclic) bond motifs is 1. The van der Waals surface area contributed by atoms with Gasteiger partial charge in [-0.05, 0) is 23.1 Å². The highest BCUT2D eigenvalue weighted by atomic mass is 35.7. The van der Waals surface area contributed by atoms with Gasteiger partial charge in [0, 0.05) is 22.4 Å². The lowest BCUT2D eigenvalue weighted by Gasteiger charge is -2.09. The van der Waals surface area contributed by atoms with Crippen molar-refractivity contribution in [1.82, 2.24) is 4.98 Å². The lowest BCUT2D eigenvalue weighted by atomic mass is 10.0. The lowest BCUT2D eigenvalue weighted by Crippen LogP contribution is -1.98. The van der Waals surface area contributed by atoms with Crippen LogP contribution in [0.2, 0.25) is 0 Å². The highest BCUT2D eigenvalue weighted by Gasteiger charge is 2.21. The molecule has 86 valence electrons. The molecule has 0 spiro atoms. The Morgan fingerprint density at radius 3 is 2.44 bits per heavy atom. The maximum absolute atomic E-state index is 11.4. The number of aromatic amines is 1. The predicted octanol–water partition coefficient (Wildman–Crippen LogP) is 3.17. The summed E-state index contributed by atoms with van der Waals surface area (Å²) >= 11 is 0. The van der Waals surface area contributed by atoms with Crippen LogP contribution in [-0.4, -0.2) is 13.4 Å². The summed E-state index contributed by atoms with van der Waals surface area (Å²) in [5.74, 6) is 0.353. The molecule has 0 saturated carbocycles. The van der Waals surface area contributed by atoms with Crippen molar-refractivity contribution in [3.63, 3.8) is 0 Å². The van der Waals surface area contributed by atoms with Gasteiger partial charge < -0.3 is 4.98 Å². The van der Waals surface area contributed by atoms with E-state index in [0.717, 1.165) is 11.1 Å². The number of hydrogen-bond donors (Lipinski definition) is 1. The van der Waals surface area contributed by atoms with E-state index in [1.165, 1.54) is 0 Å². The molecule has 0 aromatic rings. The van der Waals surface area contributed by atoms with Crippen LogP contribution in [0, 0.1) is 0 Å². The first-order valence-corrected chi connectivity index (χ1v) is 7.27. The van der Waals surface area contributed by atoms with Gasteiger partial charge in [0.15, 0.2) is 5.03 Å². The molecule has 1 heterocycles. The van der Waals surface area contributed by atoms with Gasteiger partial charge >= 0.3 is 0 Å². The molecular formula is C11H12ClNO2S. The first-order chi connectivity index (χ1) is 7.41. The molecule has 1 aliphatic carbocycles. The van der Waals surface area contributed by atoms with Gasteiger partial charge in [0.05, 0.1) is 0 Å². The normalized spacial score (nSPS) is 12.5. The van der Waals surface area contributed by atoms with Crippen molar-refractivity contribution in [3.8, 4) is 11.1 Å². The zero-order valence-electron chi connectivity index (χ0n) is 8.99. The number of pyridine rings is 1. The van der Waals surface area contributed by atoms with E-state index in [9.17, 15) is 8.42 Å². The molecule has 3 nitrogen and oxygen atoms in total. The summed E-state index contributed by atoms with van der Waals surface area (Å²) in [5, 5.41) is 0.0681. The summed E-state index contributed by atoms with van der Waals surface area (Å²) in [7, 11) is 1.64. The number of hydrogen-bond acceptors (Lipinski definition) is 2. The molecule has 0 unspecified atom stereocenters. The maximum Gasteiger partial charge on any atom is 0.277 e. The summed E-state index contributed by atoms with van der Waals surface area (Å²) < 4.78 is 22.7. The first-order valence-electron chi connectivity index (χ1n) is 4.96. The van der Waals surface area contributed by atoms with E-state index in [-0.39, 0.29) is 5.03 Å². The van der Waals surface area contributed by atoms with E-state index >= 15 is 0 Å². The molecule has 5 heteroatoms. The molecule has 1 N–H and O–H groups in total. The fourth-order valence-electron chi connectivity index (χ4n) is 1.88. The number of H-pyrrole nitrogens is 1.